The number of nitrogens with zero attached hydrogens (tertiary/aromatic N) is 2. The number of carbonyl (C=O) groups excluding carboxylic acids is 1. The third kappa shape index (κ3) is 2.63. The Morgan fingerprint density at radius 3 is 2.57 bits per heavy atom. The molecule has 2 aromatic rings. The minimum atomic E-state index is -0.319. The van der Waals surface area contributed by atoms with Gasteiger partial charge in [0, 0.05) is 5.69 Å². The van der Waals surface area contributed by atoms with Gasteiger partial charge in [-0.15, -0.1) is 0 Å². The van der Waals surface area contributed by atoms with E-state index in [1.807, 2.05) is 30.3 Å². The molecule has 0 bridgehead atoms. The molecule has 1 aliphatic heterocycles. The molecular formula is C16H15N3O2. The SMILES string of the molecule is CCOC(=O)c1ccc(C2N=c3ccc(N)cc3=N2)cc1. The first kappa shape index (κ1) is 13.3. The number of hydrogen-bond donors (Lipinski definition) is 1. The minimum absolute atomic E-state index is 0.280. The van der Waals surface area contributed by atoms with Crippen molar-refractivity contribution in [2.45, 2.75) is 13.1 Å². The van der Waals surface area contributed by atoms with Crippen LogP contribution in [0.2, 0.25) is 0 Å². The van der Waals surface area contributed by atoms with Crippen LogP contribution in [0.3, 0.4) is 0 Å². The quantitative estimate of drug-likeness (QED) is 0.682. The average Bonchev–Trinajstić information content (AvgIpc) is 2.90. The number of hydrogen-bond acceptors (Lipinski definition) is 5. The number of nitrogens with two attached hydrogens (primary N) is 1. The van der Waals surface area contributed by atoms with Gasteiger partial charge in [0.05, 0.1) is 22.9 Å². The van der Waals surface area contributed by atoms with Crippen LogP contribution in [0, 0.1) is 0 Å². The Bertz CT molecular complexity index is 797. The molecule has 0 spiro atoms. The fourth-order valence-corrected chi connectivity index (χ4v) is 2.20. The number of nitrogen functional groups attached to an aromatic ring is 1. The Morgan fingerprint density at radius 1 is 1.14 bits per heavy atom. The van der Waals surface area contributed by atoms with Gasteiger partial charge in [-0.1, -0.05) is 12.1 Å². The van der Waals surface area contributed by atoms with E-state index in [0.717, 1.165) is 16.3 Å². The van der Waals surface area contributed by atoms with E-state index in [0.29, 0.717) is 17.9 Å². The highest BCUT2D eigenvalue weighted by atomic mass is 16.5. The summed E-state index contributed by atoms with van der Waals surface area (Å²) in [4.78, 5) is 20.7. The smallest absolute Gasteiger partial charge is 0.338 e. The molecule has 3 rings (SSSR count). The highest BCUT2D eigenvalue weighted by Crippen LogP contribution is 2.20. The zero-order valence-electron chi connectivity index (χ0n) is 11.6. The first-order chi connectivity index (χ1) is 10.2. The summed E-state index contributed by atoms with van der Waals surface area (Å²) >= 11 is 0. The van der Waals surface area contributed by atoms with Crippen molar-refractivity contribution < 1.29 is 9.53 Å². The van der Waals surface area contributed by atoms with Gasteiger partial charge >= 0.3 is 5.97 Å². The summed E-state index contributed by atoms with van der Waals surface area (Å²) in [6, 6.07) is 12.6. The van der Waals surface area contributed by atoms with Gasteiger partial charge in [-0.25, -0.2) is 4.79 Å². The van der Waals surface area contributed by atoms with E-state index in [-0.39, 0.29) is 12.1 Å². The van der Waals surface area contributed by atoms with E-state index in [4.69, 9.17) is 10.5 Å². The lowest BCUT2D eigenvalue weighted by Crippen LogP contribution is -2.21. The summed E-state index contributed by atoms with van der Waals surface area (Å²) in [6.07, 6.45) is -0.280. The van der Waals surface area contributed by atoms with E-state index >= 15 is 0 Å². The molecule has 2 aromatic carbocycles. The molecule has 1 aliphatic rings. The maximum Gasteiger partial charge on any atom is 0.338 e. The zero-order chi connectivity index (χ0) is 14.8. The molecule has 0 fully saturated rings. The molecule has 0 aliphatic carbocycles. The lowest BCUT2D eigenvalue weighted by Gasteiger charge is -2.06. The fraction of sp³-hybridized carbons (Fsp3) is 0.188. The van der Waals surface area contributed by atoms with Crippen molar-refractivity contribution in [2.75, 3.05) is 12.3 Å². The Morgan fingerprint density at radius 2 is 1.86 bits per heavy atom. The molecule has 0 aromatic heterocycles. The maximum absolute atomic E-state index is 11.6. The molecule has 5 heteroatoms. The normalized spacial score (nSPS) is 15.8. The zero-order valence-corrected chi connectivity index (χ0v) is 11.6. The van der Waals surface area contributed by atoms with E-state index in [9.17, 15) is 4.79 Å². The van der Waals surface area contributed by atoms with Crippen molar-refractivity contribution in [3.8, 4) is 0 Å². The van der Waals surface area contributed by atoms with Crippen molar-refractivity contribution in [1.29, 1.82) is 0 Å². The van der Waals surface area contributed by atoms with Gasteiger partial charge < -0.3 is 10.5 Å². The maximum atomic E-state index is 11.6. The van der Waals surface area contributed by atoms with Gasteiger partial charge in [0.2, 0.25) is 0 Å². The molecule has 1 heterocycles. The Hall–Kier alpha value is -2.69. The van der Waals surface area contributed by atoms with Gasteiger partial charge in [0.25, 0.3) is 0 Å². The molecule has 0 saturated carbocycles. The molecular weight excluding hydrogens is 266 g/mol. The van der Waals surface area contributed by atoms with Gasteiger partial charge in [-0.2, -0.15) is 0 Å². The largest absolute Gasteiger partial charge is 0.462 e. The third-order valence-corrected chi connectivity index (χ3v) is 3.24. The second-order valence-electron chi connectivity index (χ2n) is 4.72. The first-order valence-corrected chi connectivity index (χ1v) is 6.75. The monoisotopic (exact) mass is 281 g/mol. The second kappa shape index (κ2) is 5.36. The summed E-state index contributed by atoms with van der Waals surface area (Å²) in [6.45, 7) is 2.15. The summed E-state index contributed by atoms with van der Waals surface area (Å²) in [5.41, 5.74) is 7.87. The molecule has 1 unspecified atom stereocenters. The highest BCUT2D eigenvalue weighted by Gasteiger charge is 2.14. The van der Waals surface area contributed by atoms with E-state index in [1.165, 1.54) is 0 Å². The van der Waals surface area contributed by atoms with Crippen LogP contribution in [0.25, 0.3) is 0 Å². The number of carbonyl (C=O) groups is 1. The topological polar surface area (TPSA) is 77.0 Å². The van der Waals surface area contributed by atoms with E-state index in [1.54, 1.807) is 19.1 Å². The lowest BCUT2D eigenvalue weighted by atomic mass is 10.1. The average molecular weight is 281 g/mol. The number of benzene rings is 2. The molecule has 5 nitrogen and oxygen atoms in total. The number of anilines is 1. The van der Waals surface area contributed by atoms with Crippen LogP contribution in [0.5, 0.6) is 0 Å². The Balaban J connectivity index is 1.88. The Labute approximate surface area is 121 Å². The van der Waals surface area contributed by atoms with Crippen LogP contribution < -0.4 is 16.4 Å². The molecule has 21 heavy (non-hydrogen) atoms. The lowest BCUT2D eigenvalue weighted by molar-refractivity contribution is 0.0526. The fourth-order valence-electron chi connectivity index (χ4n) is 2.20. The van der Waals surface area contributed by atoms with Crippen LogP contribution in [-0.2, 0) is 4.74 Å². The van der Waals surface area contributed by atoms with Crippen LogP contribution in [0.1, 0.15) is 29.0 Å². The molecule has 0 saturated heterocycles. The molecule has 2 N–H and O–H groups in total. The summed E-state index contributed by atoms with van der Waals surface area (Å²) in [7, 11) is 0. The van der Waals surface area contributed by atoms with Crippen LogP contribution >= 0.6 is 0 Å². The van der Waals surface area contributed by atoms with Crippen molar-refractivity contribution in [3.63, 3.8) is 0 Å². The predicted octanol–water partition coefficient (Wildman–Crippen LogP) is 1.40. The second-order valence-corrected chi connectivity index (χ2v) is 4.72. The van der Waals surface area contributed by atoms with Gasteiger partial charge in [-0.05, 0) is 42.8 Å². The van der Waals surface area contributed by atoms with Crippen LogP contribution in [-0.4, -0.2) is 12.6 Å². The van der Waals surface area contributed by atoms with E-state index in [2.05, 4.69) is 9.98 Å². The number of fused-ring (bicyclic) bond motifs is 1. The summed E-state index contributed by atoms with van der Waals surface area (Å²) < 4.78 is 4.96. The summed E-state index contributed by atoms with van der Waals surface area (Å²) in [5, 5.41) is 1.64. The van der Waals surface area contributed by atoms with Gasteiger partial charge in [0.1, 0.15) is 0 Å². The standard InChI is InChI=1S/C16H15N3O2/c1-2-21-16(20)11-5-3-10(4-6-11)15-18-13-8-7-12(17)9-14(13)19-15/h3-9,15H,2,17H2,1H3. The van der Waals surface area contributed by atoms with Crippen molar-refractivity contribution >= 4 is 11.7 Å². The highest BCUT2D eigenvalue weighted by molar-refractivity contribution is 5.89. The first-order valence-electron chi connectivity index (χ1n) is 6.75. The number of esters is 1. The van der Waals surface area contributed by atoms with Crippen molar-refractivity contribution in [2.24, 2.45) is 9.98 Å². The molecule has 0 radical (unpaired) electrons. The molecule has 1 atom stereocenters. The van der Waals surface area contributed by atoms with E-state index < -0.39 is 0 Å². The molecule has 0 amide bonds. The predicted molar refractivity (Wildman–Crippen MR) is 78.3 cm³/mol. The minimum Gasteiger partial charge on any atom is -0.462 e. The van der Waals surface area contributed by atoms with Crippen LogP contribution in [0.15, 0.2) is 52.4 Å². The third-order valence-electron chi connectivity index (χ3n) is 3.24. The van der Waals surface area contributed by atoms with Crippen molar-refractivity contribution in [3.05, 3.63) is 64.3 Å². The summed E-state index contributed by atoms with van der Waals surface area (Å²) in [5.74, 6) is -0.319. The molecule has 106 valence electrons. The Kier molecular flexibility index (Phi) is 3.39. The van der Waals surface area contributed by atoms with Crippen molar-refractivity contribution in [1.82, 2.24) is 0 Å². The number of rotatable bonds is 3. The van der Waals surface area contributed by atoms with Gasteiger partial charge in [-0.3, -0.25) is 9.98 Å². The van der Waals surface area contributed by atoms with Crippen LogP contribution in [0.4, 0.5) is 5.69 Å². The number of ether oxygens (including phenoxy) is 1. The van der Waals surface area contributed by atoms with Gasteiger partial charge in [0.15, 0.2) is 6.17 Å².